The second-order valence-electron chi connectivity index (χ2n) is 2.86. The molecule has 0 bridgehead atoms. The highest BCUT2D eigenvalue weighted by molar-refractivity contribution is 7.12. The number of thiophene rings is 1. The van der Waals surface area contributed by atoms with Gasteiger partial charge in [0.1, 0.15) is 4.88 Å². The van der Waals surface area contributed by atoms with E-state index in [1.807, 2.05) is 0 Å². The lowest BCUT2D eigenvalue weighted by Crippen LogP contribution is -2.31. The molecule has 0 aromatic carbocycles. The number of alkyl halides is 1. The highest BCUT2D eigenvalue weighted by atomic mass is 35.5. The Labute approximate surface area is 102 Å². The van der Waals surface area contributed by atoms with Crippen LogP contribution in [0.15, 0.2) is 11.4 Å². The minimum absolute atomic E-state index is 0.197. The zero-order valence-corrected chi connectivity index (χ0v) is 10.5. The van der Waals surface area contributed by atoms with Gasteiger partial charge in [-0.1, -0.05) is 11.6 Å². The summed E-state index contributed by atoms with van der Waals surface area (Å²) in [6, 6.07) is 1.69. The van der Waals surface area contributed by atoms with Gasteiger partial charge in [0.25, 0.3) is 5.91 Å². The third kappa shape index (κ3) is 3.99. The lowest BCUT2D eigenvalue weighted by atomic mass is 10.4. The Balaban J connectivity index is 2.40. The van der Waals surface area contributed by atoms with E-state index in [4.69, 9.17) is 27.9 Å². The van der Waals surface area contributed by atoms with Crippen molar-refractivity contribution in [3.8, 4) is 0 Å². The molecule has 1 aromatic rings. The number of hydrogen-bond acceptors (Lipinski definition) is 3. The molecule has 1 unspecified atom stereocenters. The van der Waals surface area contributed by atoms with Crippen LogP contribution < -0.4 is 5.32 Å². The summed E-state index contributed by atoms with van der Waals surface area (Å²) in [5.41, 5.74) is 0. The molecule has 15 heavy (non-hydrogen) atoms. The molecule has 1 aromatic heterocycles. The normalized spacial score (nSPS) is 12.5. The summed E-state index contributed by atoms with van der Waals surface area (Å²) < 4.78 is 4.84. The first kappa shape index (κ1) is 12.8. The van der Waals surface area contributed by atoms with Crippen LogP contribution in [0.2, 0.25) is 5.02 Å². The number of carbonyl (C=O) groups excluding carboxylic acids is 1. The summed E-state index contributed by atoms with van der Waals surface area (Å²) >= 11 is 13.0. The SMILES string of the molecule is COCC(Cl)CNC(=O)c1sccc1Cl. The Morgan fingerprint density at radius 1 is 1.73 bits per heavy atom. The maximum Gasteiger partial charge on any atom is 0.262 e. The molecule has 0 aliphatic heterocycles. The number of hydrogen-bond donors (Lipinski definition) is 1. The second kappa shape index (κ2) is 6.33. The molecule has 0 aliphatic rings. The van der Waals surface area contributed by atoms with Crippen molar-refractivity contribution in [2.24, 2.45) is 0 Å². The van der Waals surface area contributed by atoms with Crippen LogP contribution in [0.25, 0.3) is 0 Å². The van der Waals surface area contributed by atoms with E-state index in [2.05, 4.69) is 5.32 Å². The summed E-state index contributed by atoms with van der Waals surface area (Å²) in [6.07, 6.45) is 0. The van der Waals surface area contributed by atoms with E-state index in [1.165, 1.54) is 11.3 Å². The van der Waals surface area contributed by atoms with E-state index in [9.17, 15) is 4.79 Å². The lowest BCUT2D eigenvalue weighted by molar-refractivity contribution is 0.0953. The molecule has 1 amide bonds. The van der Waals surface area contributed by atoms with Crippen molar-refractivity contribution in [2.45, 2.75) is 5.38 Å². The molecule has 0 saturated heterocycles. The molecule has 6 heteroatoms. The zero-order chi connectivity index (χ0) is 11.3. The number of halogens is 2. The summed E-state index contributed by atoms with van der Waals surface area (Å²) in [5, 5.41) is 4.70. The molecule has 0 radical (unpaired) electrons. The Bertz CT molecular complexity index is 330. The molecule has 0 saturated carbocycles. The highest BCUT2D eigenvalue weighted by Gasteiger charge is 2.13. The Hall–Kier alpha value is -0.290. The summed E-state index contributed by atoms with van der Waals surface area (Å²) in [5.74, 6) is -0.197. The van der Waals surface area contributed by atoms with Crippen molar-refractivity contribution >= 4 is 40.4 Å². The monoisotopic (exact) mass is 267 g/mol. The minimum atomic E-state index is -0.224. The van der Waals surface area contributed by atoms with Crippen LogP contribution >= 0.6 is 34.5 Å². The van der Waals surface area contributed by atoms with E-state index < -0.39 is 0 Å². The average molecular weight is 268 g/mol. The van der Waals surface area contributed by atoms with Gasteiger partial charge < -0.3 is 10.1 Å². The van der Waals surface area contributed by atoms with E-state index in [1.54, 1.807) is 18.6 Å². The average Bonchev–Trinajstić information content (AvgIpc) is 2.61. The third-order valence-corrected chi connectivity index (χ3v) is 3.28. The predicted molar refractivity (Wildman–Crippen MR) is 63.2 cm³/mol. The molecular formula is C9H11Cl2NO2S. The third-order valence-electron chi connectivity index (χ3n) is 1.66. The van der Waals surface area contributed by atoms with Gasteiger partial charge in [-0.3, -0.25) is 4.79 Å². The van der Waals surface area contributed by atoms with Crippen molar-refractivity contribution in [1.82, 2.24) is 5.32 Å². The van der Waals surface area contributed by atoms with Crippen LogP contribution in [0.4, 0.5) is 0 Å². The van der Waals surface area contributed by atoms with E-state index in [0.29, 0.717) is 23.1 Å². The minimum Gasteiger partial charge on any atom is -0.383 e. The number of rotatable bonds is 5. The van der Waals surface area contributed by atoms with E-state index in [-0.39, 0.29) is 11.3 Å². The molecule has 0 spiro atoms. The first-order valence-electron chi connectivity index (χ1n) is 4.29. The van der Waals surface area contributed by atoms with Gasteiger partial charge in [0.2, 0.25) is 0 Å². The molecule has 1 rings (SSSR count). The standard InChI is InChI=1S/C9H11Cl2NO2S/c1-14-5-6(10)4-12-9(13)8-7(11)2-3-15-8/h2-3,6H,4-5H2,1H3,(H,12,13). The first-order chi connectivity index (χ1) is 7.15. The fourth-order valence-corrected chi connectivity index (χ4v) is 2.24. The van der Waals surface area contributed by atoms with Crippen molar-refractivity contribution < 1.29 is 9.53 Å². The maximum atomic E-state index is 11.6. The molecule has 1 atom stereocenters. The van der Waals surface area contributed by atoms with Gasteiger partial charge in [-0.25, -0.2) is 0 Å². The molecule has 0 aliphatic carbocycles. The second-order valence-corrected chi connectivity index (χ2v) is 4.80. The Morgan fingerprint density at radius 2 is 2.47 bits per heavy atom. The van der Waals surface area contributed by atoms with Gasteiger partial charge in [-0.2, -0.15) is 0 Å². The molecule has 1 heterocycles. The lowest BCUT2D eigenvalue weighted by Gasteiger charge is -2.09. The maximum absolute atomic E-state index is 11.6. The zero-order valence-electron chi connectivity index (χ0n) is 8.13. The van der Waals surface area contributed by atoms with Crippen LogP contribution in [0.5, 0.6) is 0 Å². The van der Waals surface area contributed by atoms with Gasteiger partial charge in [0.15, 0.2) is 0 Å². The van der Waals surface area contributed by atoms with Gasteiger partial charge in [0.05, 0.1) is 17.0 Å². The quantitative estimate of drug-likeness (QED) is 0.833. The van der Waals surface area contributed by atoms with E-state index >= 15 is 0 Å². The van der Waals surface area contributed by atoms with Crippen molar-refractivity contribution in [3.63, 3.8) is 0 Å². The van der Waals surface area contributed by atoms with Crippen molar-refractivity contribution in [3.05, 3.63) is 21.3 Å². The fourth-order valence-electron chi connectivity index (χ4n) is 0.979. The highest BCUT2D eigenvalue weighted by Crippen LogP contribution is 2.21. The van der Waals surface area contributed by atoms with Crippen LogP contribution in [-0.4, -0.2) is 31.5 Å². The Morgan fingerprint density at radius 3 is 3.00 bits per heavy atom. The van der Waals surface area contributed by atoms with E-state index in [0.717, 1.165) is 0 Å². The summed E-state index contributed by atoms with van der Waals surface area (Å²) in [4.78, 5) is 12.1. The van der Waals surface area contributed by atoms with Crippen molar-refractivity contribution in [1.29, 1.82) is 0 Å². The van der Waals surface area contributed by atoms with Gasteiger partial charge in [-0.05, 0) is 11.4 Å². The van der Waals surface area contributed by atoms with Crippen LogP contribution in [0.3, 0.4) is 0 Å². The fraction of sp³-hybridized carbons (Fsp3) is 0.444. The summed E-state index contributed by atoms with van der Waals surface area (Å²) in [7, 11) is 1.56. The van der Waals surface area contributed by atoms with Gasteiger partial charge in [0, 0.05) is 13.7 Å². The first-order valence-corrected chi connectivity index (χ1v) is 5.98. The molecular weight excluding hydrogens is 257 g/mol. The van der Waals surface area contributed by atoms with Crippen LogP contribution in [0, 0.1) is 0 Å². The number of methoxy groups -OCH3 is 1. The molecule has 84 valence electrons. The van der Waals surface area contributed by atoms with Gasteiger partial charge in [-0.15, -0.1) is 22.9 Å². The molecule has 0 fully saturated rings. The molecule has 3 nitrogen and oxygen atoms in total. The topological polar surface area (TPSA) is 38.3 Å². The Kier molecular flexibility index (Phi) is 5.39. The van der Waals surface area contributed by atoms with Crippen LogP contribution in [0.1, 0.15) is 9.67 Å². The van der Waals surface area contributed by atoms with Gasteiger partial charge >= 0.3 is 0 Å². The number of amides is 1. The number of nitrogens with one attached hydrogen (secondary N) is 1. The number of carbonyl (C=O) groups is 1. The number of ether oxygens (including phenoxy) is 1. The molecule has 1 N–H and O–H groups in total. The largest absolute Gasteiger partial charge is 0.383 e. The van der Waals surface area contributed by atoms with Crippen molar-refractivity contribution in [2.75, 3.05) is 20.3 Å². The predicted octanol–water partition coefficient (Wildman–Crippen LogP) is 2.39. The van der Waals surface area contributed by atoms with Crippen LogP contribution in [-0.2, 0) is 4.74 Å². The summed E-state index contributed by atoms with van der Waals surface area (Å²) in [6.45, 7) is 0.766. The smallest absolute Gasteiger partial charge is 0.262 e.